The Balaban J connectivity index is 1.78. The minimum absolute atomic E-state index is 0.129. The monoisotopic (exact) mass is 268 g/mol. The molecule has 2 rings (SSSR count). The molecule has 5 heteroatoms. The first kappa shape index (κ1) is 14.2. The number of hydrogen-bond donors (Lipinski definition) is 2. The highest BCUT2D eigenvalue weighted by Crippen LogP contribution is 2.32. The third-order valence-electron chi connectivity index (χ3n) is 4.24. The number of nitrogens with one attached hydrogen (secondary N) is 1. The average molecular weight is 268 g/mol. The summed E-state index contributed by atoms with van der Waals surface area (Å²) in [6, 6.07) is -0.953. The molecule has 2 fully saturated rings. The largest absolute Gasteiger partial charge is 0.480 e. The van der Waals surface area contributed by atoms with Crippen LogP contribution in [0.4, 0.5) is 4.79 Å². The summed E-state index contributed by atoms with van der Waals surface area (Å²) in [5.74, 6) is -0.208. The smallest absolute Gasteiger partial charge is 0.326 e. The van der Waals surface area contributed by atoms with Gasteiger partial charge in [0.1, 0.15) is 6.04 Å². The zero-order valence-corrected chi connectivity index (χ0v) is 11.6. The van der Waals surface area contributed by atoms with Crippen LogP contribution in [0.1, 0.15) is 44.9 Å². The van der Waals surface area contributed by atoms with E-state index in [1.54, 1.807) is 11.9 Å². The lowest BCUT2D eigenvalue weighted by atomic mass is 9.89. The standard InChI is InChI=1S/C14H24N2O3/c1-16(9-10-5-3-2-4-6-10)14(19)15-12(13(17)18)11-7-8-11/h10-12H,2-9H2,1H3,(H,15,19)(H,17,18). The Bertz CT molecular complexity index is 336. The second-order valence-electron chi connectivity index (χ2n) is 5.99. The first-order chi connectivity index (χ1) is 9.08. The summed E-state index contributed by atoms with van der Waals surface area (Å²) in [5.41, 5.74) is 0. The van der Waals surface area contributed by atoms with Gasteiger partial charge in [0.2, 0.25) is 0 Å². The van der Waals surface area contributed by atoms with Crippen LogP contribution in [0.25, 0.3) is 0 Å². The first-order valence-corrected chi connectivity index (χ1v) is 7.32. The molecule has 2 N–H and O–H groups in total. The predicted molar refractivity (Wildman–Crippen MR) is 71.9 cm³/mol. The summed E-state index contributed by atoms with van der Waals surface area (Å²) in [6.07, 6.45) is 7.98. The quantitative estimate of drug-likeness (QED) is 0.802. The van der Waals surface area contributed by atoms with Gasteiger partial charge in [-0.05, 0) is 37.5 Å². The molecule has 2 aliphatic rings. The van der Waals surface area contributed by atoms with Crippen LogP contribution in [-0.2, 0) is 4.79 Å². The minimum Gasteiger partial charge on any atom is -0.480 e. The second-order valence-corrected chi connectivity index (χ2v) is 5.99. The van der Waals surface area contributed by atoms with Gasteiger partial charge in [0.25, 0.3) is 0 Å². The fraction of sp³-hybridized carbons (Fsp3) is 0.857. The van der Waals surface area contributed by atoms with Gasteiger partial charge < -0.3 is 15.3 Å². The molecule has 0 aromatic rings. The van der Waals surface area contributed by atoms with Gasteiger partial charge in [0, 0.05) is 13.6 Å². The van der Waals surface area contributed by atoms with Crippen molar-refractivity contribution in [2.45, 2.75) is 51.0 Å². The van der Waals surface area contributed by atoms with Gasteiger partial charge >= 0.3 is 12.0 Å². The number of carbonyl (C=O) groups is 2. The molecular formula is C14H24N2O3. The van der Waals surface area contributed by atoms with Crippen molar-refractivity contribution in [1.82, 2.24) is 10.2 Å². The van der Waals surface area contributed by atoms with Gasteiger partial charge in [0.05, 0.1) is 0 Å². The van der Waals surface area contributed by atoms with E-state index < -0.39 is 12.0 Å². The lowest BCUT2D eigenvalue weighted by Gasteiger charge is -2.28. The number of amides is 2. The summed E-state index contributed by atoms with van der Waals surface area (Å²) >= 11 is 0. The lowest BCUT2D eigenvalue weighted by Crippen LogP contribution is -2.48. The van der Waals surface area contributed by atoms with Crippen molar-refractivity contribution in [2.75, 3.05) is 13.6 Å². The second kappa shape index (κ2) is 6.26. The summed E-state index contributed by atoms with van der Waals surface area (Å²) < 4.78 is 0. The Morgan fingerprint density at radius 3 is 2.37 bits per heavy atom. The molecule has 0 heterocycles. The van der Waals surface area contributed by atoms with E-state index in [1.165, 1.54) is 32.1 Å². The number of nitrogens with zero attached hydrogens (tertiary/aromatic N) is 1. The van der Waals surface area contributed by atoms with Crippen LogP contribution >= 0.6 is 0 Å². The highest BCUT2D eigenvalue weighted by molar-refractivity contribution is 5.83. The topological polar surface area (TPSA) is 69.6 Å². The van der Waals surface area contributed by atoms with E-state index in [1.807, 2.05) is 0 Å². The molecule has 2 amide bonds. The van der Waals surface area contributed by atoms with Crippen molar-refractivity contribution >= 4 is 12.0 Å². The maximum atomic E-state index is 12.0. The Morgan fingerprint density at radius 1 is 1.21 bits per heavy atom. The van der Waals surface area contributed by atoms with Crippen LogP contribution in [0.2, 0.25) is 0 Å². The van der Waals surface area contributed by atoms with Gasteiger partial charge in [-0.1, -0.05) is 19.3 Å². The fourth-order valence-corrected chi connectivity index (χ4v) is 2.89. The first-order valence-electron chi connectivity index (χ1n) is 7.32. The zero-order chi connectivity index (χ0) is 13.8. The predicted octanol–water partition coefficient (Wildman–Crippen LogP) is 2.07. The third-order valence-corrected chi connectivity index (χ3v) is 4.24. The Labute approximate surface area is 114 Å². The van der Waals surface area contributed by atoms with Gasteiger partial charge in [-0.25, -0.2) is 9.59 Å². The number of aliphatic carboxylic acids is 1. The van der Waals surface area contributed by atoms with E-state index in [0.717, 1.165) is 19.4 Å². The summed E-state index contributed by atoms with van der Waals surface area (Å²) in [4.78, 5) is 24.8. The maximum absolute atomic E-state index is 12.0. The molecule has 2 aliphatic carbocycles. The van der Waals surface area contributed by atoms with Crippen molar-refractivity contribution in [1.29, 1.82) is 0 Å². The molecule has 0 aromatic carbocycles. The van der Waals surface area contributed by atoms with E-state index in [2.05, 4.69) is 5.32 Å². The van der Waals surface area contributed by atoms with Gasteiger partial charge in [-0.15, -0.1) is 0 Å². The minimum atomic E-state index is -0.915. The van der Waals surface area contributed by atoms with Crippen molar-refractivity contribution < 1.29 is 14.7 Å². The lowest BCUT2D eigenvalue weighted by molar-refractivity contribution is -0.139. The van der Waals surface area contributed by atoms with Gasteiger partial charge in [-0.3, -0.25) is 0 Å². The molecule has 0 bridgehead atoms. The van der Waals surface area contributed by atoms with E-state index in [9.17, 15) is 9.59 Å². The number of rotatable bonds is 5. The summed E-state index contributed by atoms with van der Waals surface area (Å²) in [7, 11) is 1.76. The third kappa shape index (κ3) is 4.11. The zero-order valence-electron chi connectivity index (χ0n) is 11.6. The molecule has 1 atom stereocenters. The van der Waals surface area contributed by atoms with Gasteiger partial charge in [-0.2, -0.15) is 0 Å². The maximum Gasteiger partial charge on any atom is 0.326 e. The van der Waals surface area contributed by atoms with E-state index in [-0.39, 0.29) is 11.9 Å². The Hall–Kier alpha value is -1.26. The summed E-state index contributed by atoms with van der Waals surface area (Å²) in [5, 5.41) is 11.8. The molecule has 0 saturated heterocycles. The highest BCUT2D eigenvalue weighted by Gasteiger charge is 2.37. The molecule has 108 valence electrons. The van der Waals surface area contributed by atoms with Crippen LogP contribution in [-0.4, -0.2) is 41.6 Å². The van der Waals surface area contributed by atoms with E-state index >= 15 is 0 Å². The normalized spacial score (nSPS) is 21.7. The van der Waals surface area contributed by atoms with Crippen LogP contribution in [0.3, 0.4) is 0 Å². The number of urea groups is 1. The molecule has 0 aliphatic heterocycles. The SMILES string of the molecule is CN(CC1CCCCC1)C(=O)NC(C(=O)O)C1CC1. The molecule has 1 unspecified atom stereocenters. The number of hydrogen-bond acceptors (Lipinski definition) is 2. The number of carboxylic acids is 1. The molecule has 0 radical (unpaired) electrons. The van der Waals surface area contributed by atoms with Crippen LogP contribution in [0.15, 0.2) is 0 Å². The van der Waals surface area contributed by atoms with Crippen molar-refractivity contribution in [2.24, 2.45) is 11.8 Å². The fourth-order valence-electron chi connectivity index (χ4n) is 2.89. The molecule has 0 spiro atoms. The Kier molecular flexibility index (Phi) is 4.66. The van der Waals surface area contributed by atoms with E-state index in [4.69, 9.17) is 5.11 Å². The number of carboxylic acid groups (broad SMARTS) is 1. The van der Waals surface area contributed by atoms with Crippen molar-refractivity contribution in [3.63, 3.8) is 0 Å². The van der Waals surface area contributed by atoms with E-state index in [0.29, 0.717) is 5.92 Å². The van der Waals surface area contributed by atoms with Crippen LogP contribution in [0, 0.1) is 11.8 Å². The van der Waals surface area contributed by atoms with Crippen molar-refractivity contribution in [3.05, 3.63) is 0 Å². The Morgan fingerprint density at radius 2 is 1.84 bits per heavy atom. The molecule has 2 saturated carbocycles. The van der Waals surface area contributed by atoms with Crippen LogP contribution < -0.4 is 5.32 Å². The highest BCUT2D eigenvalue weighted by atomic mass is 16.4. The number of carbonyl (C=O) groups excluding carboxylic acids is 1. The molecular weight excluding hydrogens is 244 g/mol. The van der Waals surface area contributed by atoms with Gasteiger partial charge in [0.15, 0.2) is 0 Å². The van der Waals surface area contributed by atoms with Crippen LogP contribution in [0.5, 0.6) is 0 Å². The average Bonchev–Trinajstić information content (AvgIpc) is 3.20. The summed E-state index contributed by atoms with van der Waals surface area (Å²) in [6.45, 7) is 0.739. The molecule has 5 nitrogen and oxygen atoms in total. The molecule has 19 heavy (non-hydrogen) atoms. The van der Waals surface area contributed by atoms with Crippen molar-refractivity contribution in [3.8, 4) is 0 Å². The molecule has 0 aromatic heterocycles.